The molecule has 0 aliphatic rings. The highest BCUT2D eigenvalue weighted by Crippen LogP contribution is 2.28. The van der Waals surface area contributed by atoms with E-state index in [1.165, 1.54) is 13.3 Å². The van der Waals surface area contributed by atoms with Crippen molar-refractivity contribution in [3.63, 3.8) is 0 Å². The van der Waals surface area contributed by atoms with Gasteiger partial charge in [0.05, 0.1) is 19.9 Å². The largest absolute Gasteiger partial charge is 0.490 e. The summed E-state index contributed by atoms with van der Waals surface area (Å²) in [5.41, 5.74) is 3.43. The van der Waals surface area contributed by atoms with Crippen LogP contribution in [0.1, 0.15) is 18.9 Å². The van der Waals surface area contributed by atoms with Crippen LogP contribution in [0.25, 0.3) is 0 Å². The number of hydrazone groups is 1. The Labute approximate surface area is 184 Å². The van der Waals surface area contributed by atoms with Gasteiger partial charge in [0.1, 0.15) is 6.42 Å². The molecule has 0 saturated carbocycles. The first-order valence-corrected chi connectivity index (χ1v) is 9.62. The molecule has 2 rings (SSSR count). The maximum atomic E-state index is 11.9. The molecule has 10 heteroatoms. The number of ether oxygens (including phenoxy) is 3. The fourth-order valence-corrected chi connectivity index (χ4v) is 2.42. The minimum absolute atomic E-state index is 0.252. The van der Waals surface area contributed by atoms with Crippen molar-refractivity contribution in [2.75, 3.05) is 25.6 Å². The molecule has 0 fully saturated rings. The predicted octanol–water partition coefficient (Wildman–Crippen LogP) is 2.77. The molecule has 31 heavy (non-hydrogen) atoms. The van der Waals surface area contributed by atoms with Gasteiger partial charge in [0.2, 0.25) is 11.8 Å². The molecule has 2 N–H and O–H groups in total. The molecule has 164 valence electrons. The van der Waals surface area contributed by atoms with Gasteiger partial charge < -0.3 is 19.5 Å². The van der Waals surface area contributed by atoms with E-state index in [0.29, 0.717) is 34.4 Å². The zero-order valence-corrected chi connectivity index (χ0v) is 17.8. The third-order valence-corrected chi connectivity index (χ3v) is 3.94. The molecular weight excluding hydrogens is 426 g/mol. The van der Waals surface area contributed by atoms with E-state index in [1.54, 1.807) is 49.4 Å². The van der Waals surface area contributed by atoms with Gasteiger partial charge in [-0.2, -0.15) is 5.10 Å². The van der Waals surface area contributed by atoms with E-state index in [9.17, 15) is 14.4 Å². The number of nitrogens with zero attached hydrogens (tertiary/aromatic N) is 1. The molecule has 0 bridgehead atoms. The minimum atomic E-state index is -0.578. The van der Waals surface area contributed by atoms with Crippen molar-refractivity contribution in [3.05, 3.63) is 53.1 Å². The second kappa shape index (κ2) is 12.2. The lowest BCUT2D eigenvalue weighted by Gasteiger charge is -2.11. The second-order valence-electron chi connectivity index (χ2n) is 6.03. The Hall–Kier alpha value is -3.59. The summed E-state index contributed by atoms with van der Waals surface area (Å²) in [5, 5.41) is 6.97. The number of anilines is 1. The van der Waals surface area contributed by atoms with Crippen LogP contribution in [-0.2, 0) is 19.1 Å². The Balaban J connectivity index is 1.89. The molecule has 0 unspecified atom stereocenters. The molecule has 0 aromatic heterocycles. The summed E-state index contributed by atoms with van der Waals surface area (Å²) in [6.07, 6.45) is 0.992. The number of hydrogen-bond acceptors (Lipinski definition) is 7. The summed E-state index contributed by atoms with van der Waals surface area (Å²) in [4.78, 5) is 35.0. The van der Waals surface area contributed by atoms with E-state index in [4.69, 9.17) is 21.1 Å². The number of rotatable bonds is 10. The van der Waals surface area contributed by atoms with Crippen LogP contribution in [0.5, 0.6) is 11.5 Å². The SMILES string of the molecule is CCOc1cc(C=NNC(=O)CC(=O)Nc2ccc(Cl)cc2)ccc1OCC(=O)OC. The first kappa shape index (κ1) is 23.7. The average Bonchev–Trinajstić information content (AvgIpc) is 2.74. The van der Waals surface area contributed by atoms with E-state index < -0.39 is 24.2 Å². The topological polar surface area (TPSA) is 115 Å². The summed E-state index contributed by atoms with van der Waals surface area (Å²) in [5.74, 6) is -0.807. The number of halogens is 1. The summed E-state index contributed by atoms with van der Waals surface area (Å²) in [7, 11) is 1.27. The number of hydrogen-bond donors (Lipinski definition) is 2. The van der Waals surface area contributed by atoms with Crippen molar-refractivity contribution < 1.29 is 28.6 Å². The van der Waals surface area contributed by atoms with Gasteiger partial charge in [-0.15, -0.1) is 0 Å². The smallest absolute Gasteiger partial charge is 0.343 e. The number of nitrogens with one attached hydrogen (secondary N) is 2. The van der Waals surface area contributed by atoms with Crippen LogP contribution in [0, 0.1) is 0 Å². The molecule has 0 saturated heterocycles. The maximum Gasteiger partial charge on any atom is 0.343 e. The molecule has 2 aromatic carbocycles. The number of methoxy groups -OCH3 is 1. The minimum Gasteiger partial charge on any atom is -0.490 e. The average molecular weight is 448 g/mol. The van der Waals surface area contributed by atoms with Crippen LogP contribution in [-0.4, -0.2) is 44.3 Å². The van der Waals surface area contributed by atoms with Crippen molar-refractivity contribution in [2.24, 2.45) is 5.10 Å². The summed E-state index contributed by atoms with van der Waals surface area (Å²) in [6.45, 7) is 1.94. The van der Waals surface area contributed by atoms with Crippen molar-refractivity contribution in [1.82, 2.24) is 5.43 Å². The van der Waals surface area contributed by atoms with Gasteiger partial charge in [0.25, 0.3) is 0 Å². The van der Waals surface area contributed by atoms with Gasteiger partial charge in [-0.1, -0.05) is 11.6 Å². The molecule has 0 heterocycles. The van der Waals surface area contributed by atoms with Gasteiger partial charge in [0.15, 0.2) is 18.1 Å². The number of benzene rings is 2. The molecule has 2 amide bonds. The highest BCUT2D eigenvalue weighted by atomic mass is 35.5. The predicted molar refractivity (Wildman–Crippen MR) is 116 cm³/mol. The standard InChI is InChI=1S/C21H22ClN3O6/c1-3-30-18-10-14(4-9-17(18)31-13-21(28)29-2)12-23-25-20(27)11-19(26)24-16-7-5-15(22)6-8-16/h4-10,12H,3,11,13H2,1-2H3,(H,24,26)(H,25,27). The lowest BCUT2D eigenvalue weighted by Crippen LogP contribution is -2.24. The molecular formula is C21H22ClN3O6. The number of carbonyl (C=O) groups is 3. The summed E-state index contributed by atoms with van der Waals surface area (Å²) < 4.78 is 15.4. The Morgan fingerprint density at radius 3 is 2.45 bits per heavy atom. The van der Waals surface area contributed by atoms with E-state index in [0.717, 1.165) is 0 Å². The third-order valence-electron chi connectivity index (χ3n) is 3.69. The van der Waals surface area contributed by atoms with E-state index in [1.807, 2.05) is 0 Å². The van der Waals surface area contributed by atoms with Crippen LogP contribution in [0.15, 0.2) is 47.6 Å². The molecule has 2 aromatic rings. The molecule has 0 radical (unpaired) electrons. The Morgan fingerprint density at radius 2 is 1.77 bits per heavy atom. The molecule has 0 spiro atoms. The zero-order chi connectivity index (χ0) is 22.6. The lowest BCUT2D eigenvalue weighted by molar-refractivity contribution is -0.143. The van der Waals surface area contributed by atoms with Gasteiger partial charge in [-0.25, -0.2) is 10.2 Å². The maximum absolute atomic E-state index is 11.9. The fraction of sp³-hybridized carbons (Fsp3) is 0.238. The normalized spacial score (nSPS) is 10.4. The van der Waals surface area contributed by atoms with Crippen LogP contribution < -0.4 is 20.2 Å². The zero-order valence-electron chi connectivity index (χ0n) is 17.0. The first-order valence-electron chi connectivity index (χ1n) is 9.25. The molecule has 0 aliphatic heterocycles. The van der Waals surface area contributed by atoms with Crippen molar-refractivity contribution in [3.8, 4) is 11.5 Å². The van der Waals surface area contributed by atoms with Crippen molar-refractivity contribution >= 4 is 41.3 Å². The van der Waals surface area contributed by atoms with Crippen LogP contribution in [0.4, 0.5) is 5.69 Å². The Bertz CT molecular complexity index is 947. The Morgan fingerprint density at radius 1 is 1.03 bits per heavy atom. The second-order valence-corrected chi connectivity index (χ2v) is 6.47. The van der Waals surface area contributed by atoms with E-state index in [-0.39, 0.29) is 6.61 Å². The highest BCUT2D eigenvalue weighted by Gasteiger charge is 2.10. The van der Waals surface area contributed by atoms with Crippen molar-refractivity contribution in [2.45, 2.75) is 13.3 Å². The van der Waals surface area contributed by atoms with E-state index >= 15 is 0 Å². The van der Waals surface area contributed by atoms with Gasteiger partial charge >= 0.3 is 5.97 Å². The van der Waals surface area contributed by atoms with E-state index in [2.05, 4.69) is 20.6 Å². The van der Waals surface area contributed by atoms with Crippen LogP contribution in [0.3, 0.4) is 0 Å². The monoisotopic (exact) mass is 447 g/mol. The highest BCUT2D eigenvalue weighted by molar-refractivity contribution is 6.30. The first-order chi connectivity index (χ1) is 14.9. The number of carbonyl (C=O) groups excluding carboxylic acids is 3. The number of amides is 2. The molecule has 0 aliphatic carbocycles. The number of esters is 1. The summed E-state index contributed by atoms with van der Waals surface area (Å²) >= 11 is 5.78. The fourth-order valence-electron chi connectivity index (χ4n) is 2.29. The quantitative estimate of drug-likeness (QED) is 0.250. The van der Waals surface area contributed by atoms with Crippen LogP contribution >= 0.6 is 11.6 Å². The van der Waals surface area contributed by atoms with Gasteiger partial charge in [-0.3, -0.25) is 9.59 Å². The van der Waals surface area contributed by atoms with Crippen molar-refractivity contribution in [1.29, 1.82) is 0 Å². The van der Waals surface area contributed by atoms with Gasteiger partial charge in [-0.05, 0) is 55.0 Å². The summed E-state index contributed by atoms with van der Waals surface area (Å²) in [6, 6.07) is 11.4. The molecule has 9 nitrogen and oxygen atoms in total. The molecule has 0 atom stereocenters. The van der Waals surface area contributed by atoms with Gasteiger partial charge in [0, 0.05) is 10.7 Å². The lowest BCUT2D eigenvalue weighted by atomic mass is 10.2. The Kier molecular flexibility index (Phi) is 9.31. The third kappa shape index (κ3) is 8.35. The van der Waals surface area contributed by atoms with Crippen LogP contribution in [0.2, 0.25) is 5.02 Å².